The number of methoxy groups -OCH3 is 2. The average molecular weight is 266 g/mol. The number of hydrogen-bond acceptors (Lipinski definition) is 6. The Hall–Kier alpha value is -1.35. The number of ether oxygens (including phenoxy) is 2. The Balaban J connectivity index is 2.64. The first-order valence-corrected chi connectivity index (χ1v) is 6.28. The van der Waals surface area contributed by atoms with Gasteiger partial charge in [0.2, 0.25) is 0 Å². The highest BCUT2D eigenvalue weighted by Gasteiger charge is 2.36. The first-order valence-electron chi connectivity index (χ1n) is 4.84. The zero-order chi connectivity index (χ0) is 13.1. The smallest absolute Gasteiger partial charge is 0.421 e. The van der Waals surface area contributed by atoms with E-state index in [1.165, 1.54) is 7.11 Å². The number of nitrogens with one attached hydrogen (secondary N) is 1. The molecule has 1 N–H and O–H groups in total. The van der Waals surface area contributed by atoms with Gasteiger partial charge in [-0.3, -0.25) is 4.79 Å². The van der Waals surface area contributed by atoms with Gasteiger partial charge in [0.1, 0.15) is 0 Å². The predicted molar refractivity (Wildman–Crippen MR) is 56.2 cm³/mol. The fourth-order valence-corrected chi connectivity index (χ4v) is 2.66. The van der Waals surface area contributed by atoms with Crippen LogP contribution in [0.25, 0.3) is 0 Å². The quantitative estimate of drug-likeness (QED) is 0.663. The van der Waals surface area contributed by atoms with Crippen LogP contribution >= 0.6 is 0 Å². The van der Waals surface area contributed by atoms with E-state index in [4.69, 9.17) is 0 Å². The zero-order valence-corrected chi connectivity index (χ0v) is 10.3. The second kappa shape index (κ2) is 5.32. The molecule has 0 spiro atoms. The molecular formula is C8H14N2O6S. The summed E-state index contributed by atoms with van der Waals surface area (Å²) in [5.41, 5.74) is 0. The van der Waals surface area contributed by atoms with Gasteiger partial charge in [-0.15, -0.1) is 0 Å². The van der Waals surface area contributed by atoms with Crippen LogP contribution in [0, 0.1) is 5.92 Å². The van der Waals surface area contributed by atoms with E-state index < -0.39 is 28.2 Å². The summed E-state index contributed by atoms with van der Waals surface area (Å²) in [6.07, 6.45) is -0.694. The maximum absolute atomic E-state index is 11.6. The predicted octanol–water partition coefficient (Wildman–Crippen LogP) is -0.918. The SMILES string of the molecule is COC(=O)NS(=O)(=O)N1CCC(C(=O)OC)C1. The topological polar surface area (TPSA) is 102 Å². The Morgan fingerprint density at radius 2 is 1.94 bits per heavy atom. The lowest BCUT2D eigenvalue weighted by Gasteiger charge is -2.15. The Morgan fingerprint density at radius 3 is 2.47 bits per heavy atom. The third-order valence-electron chi connectivity index (χ3n) is 2.42. The minimum absolute atomic E-state index is 0.000991. The molecule has 1 aliphatic rings. The largest absolute Gasteiger partial charge is 0.469 e. The molecule has 1 unspecified atom stereocenters. The van der Waals surface area contributed by atoms with Gasteiger partial charge in [-0.25, -0.2) is 9.52 Å². The van der Waals surface area contributed by atoms with E-state index in [1.807, 2.05) is 0 Å². The summed E-state index contributed by atoms with van der Waals surface area (Å²) in [6, 6.07) is 0. The van der Waals surface area contributed by atoms with E-state index in [-0.39, 0.29) is 13.1 Å². The van der Waals surface area contributed by atoms with Crippen LogP contribution in [0.1, 0.15) is 6.42 Å². The summed E-state index contributed by atoms with van der Waals surface area (Å²) in [4.78, 5) is 22.0. The van der Waals surface area contributed by atoms with E-state index in [0.29, 0.717) is 6.42 Å². The minimum atomic E-state index is -3.94. The normalized spacial score (nSPS) is 20.9. The van der Waals surface area contributed by atoms with Crippen LogP contribution in [0.4, 0.5) is 4.79 Å². The van der Waals surface area contributed by atoms with Crippen LogP contribution < -0.4 is 4.72 Å². The first kappa shape index (κ1) is 13.7. The maximum Gasteiger partial charge on any atom is 0.421 e. The Labute approximate surface area is 99.0 Å². The third-order valence-corrected chi connectivity index (χ3v) is 3.86. The molecule has 0 radical (unpaired) electrons. The van der Waals surface area contributed by atoms with Crippen molar-refractivity contribution in [1.82, 2.24) is 9.03 Å². The van der Waals surface area contributed by atoms with E-state index in [2.05, 4.69) is 9.47 Å². The molecule has 1 amide bonds. The van der Waals surface area contributed by atoms with Gasteiger partial charge in [0, 0.05) is 13.1 Å². The molecule has 1 aliphatic heterocycles. The summed E-state index contributed by atoms with van der Waals surface area (Å²) in [5, 5.41) is 0. The van der Waals surface area contributed by atoms with E-state index >= 15 is 0 Å². The molecule has 1 fully saturated rings. The Bertz CT molecular complexity index is 406. The second-order valence-electron chi connectivity index (χ2n) is 3.47. The molecule has 0 aromatic rings. The van der Waals surface area contributed by atoms with Crippen LogP contribution in [0.5, 0.6) is 0 Å². The molecular weight excluding hydrogens is 252 g/mol. The van der Waals surface area contributed by atoms with Gasteiger partial charge in [-0.1, -0.05) is 0 Å². The Morgan fingerprint density at radius 1 is 1.29 bits per heavy atom. The number of amides is 1. The highest BCUT2D eigenvalue weighted by atomic mass is 32.2. The standard InChI is InChI=1S/C8H14N2O6S/c1-15-7(11)6-3-4-10(5-6)17(13,14)9-8(12)16-2/h6H,3-5H2,1-2H3,(H,9,12). The molecule has 1 atom stereocenters. The number of rotatable bonds is 3. The Kier molecular flexibility index (Phi) is 4.29. The fraction of sp³-hybridized carbons (Fsp3) is 0.750. The maximum atomic E-state index is 11.6. The molecule has 1 saturated heterocycles. The molecule has 17 heavy (non-hydrogen) atoms. The summed E-state index contributed by atoms with van der Waals surface area (Å²) in [5.74, 6) is -0.949. The minimum Gasteiger partial charge on any atom is -0.469 e. The summed E-state index contributed by atoms with van der Waals surface area (Å²) >= 11 is 0. The van der Waals surface area contributed by atoms with E-state index in [0.717, 1.165) is 11.4 Å². The fourth-order valence-electron chi connectivity index (χ4n) is 1.52. The molecule has 98 valence electrons. The van der Waals surface area contributed by atoms with Crippen molar-refractivity contribution in [1.29, 1.82) is 0 Å². The lowest BCUT2D eigenvalue weighted by atomic mass is 10.1. The highest BCUT2D eigenvalue weighted by Crippen LogP contribution is 2.19. The van der Waals surface area contributed by atoms with Crippen molar-refractivity contribution < 1.29 is 27.5 Å². The average Bonchev–Trinajstić information content (AvgIpc) is 2.77. The van der Waals surface area contributed by atoms with Crippen molar-refractivity contribution in [2.24, 2.45) is 5.92 Å². The van der Waals surface area contributed by atoms with Gasteiger partial charge >= 0.3 is 22.3 Å². The van der Waals surface area contributed by atoms with Gasteiger partial charge in [0.15, 0.2) is 0 Å². The van der Waals surface area contributed by atoms with Gasteiger partial charge < -0.3 is 9.47 Å². The summed E-state index contributed by atoms with van der Waals surface area (Å²) in [7, 11) is -1.64. The summed E-state index contributed by atoms with van der Waals surface area (Å²) in [6.45, 7) is 0.158. The molecule has 0 saturated carbocycles. The van der Waals surface area contributed by atoms with Crippen LogP contribution in [-0.4, -0.2) is 52.1 Å². The van der Waals surface area contributed by atoms with Gasteiger partial charge in [-0.05, 0) is 6.42 Å². The number of hydrogen-bond donors (Lipinski definition) is 1. The molecule has 8 nitrogen and oxygen atoms in total. The van der Waals surface area contributed by atoms with Gasteiger partial charge in [0.25, 0.3) is 0 Å². The molecule has 9 heteroatoms. The van der Waals surface area contributed by atoms with E-state index in [9.17, 15) is 18.0 Å². The summed E-state index contributed by atoms with van der Waals surface area (Å²) < 4.78 is 34.7. The number of esters is 1. The molecule has 0 aromatic heterocycles. The monoisotopic (exact) mass is 266 g/mol. The second-order valence-corrected chi connectivity index (χ2v) is 5.14. The first-order chi connectivity index (χ1) is 7.90. The molecule has 0 bridgehead atoms. The van der Waals surface area contributed by atoms with Crippen molar-refractivity contribution in [3.8, 4) is 0 Å². The van der Waals surface area contributed by atoms with E-state index in [1.54, 1.807) is 4.72 Å². The van der Waals surface area contributed by atoms with Crippen molar-refractivity contribution >= 4 is 22.3 Å². The molecule has 1 rings (SSSR count). The molecule has 1 heterocycles. The molecule has 0 aromatic carbocycles. The van der Waals surface area contributed by atoms with Crippen molar-refractivity contribution in [2.75, 3.05) is 27.3 Å². The zero-order valence-electron chi connectivity index (χ0n) is 9.50. The van der Waals surface area contributed by atoms with Crippen molar-refractivity contribution in [3.05, 3.63) is 0 Å². The van der Waals surface area contributed by atoms with Gasteiger partial charge in [0.05, 0.1) is 20.1 Å². The van der Waals surface area contributed by atoms with Crippen LogP contribution in [0.2, 0.25) is 0 Å². The van der Waals surface area contributed by atoms with Crippen LogP contribution in [0.15, 0.2) is 0 Å². The van der Waals surface area contributed by atoms with Gasteiger partial charge in [-0.2, -0.15) is 12.7 Å². The molecule has 0 aliphatic carbocycles. The van der Waals surface area contributed by atoms with Crippen molar-refractivity contribution in [2.45, 2.75) is 6.42 Å². The van der Waals surface area contributed by atoms with Crippen LogP contribution in [0.3, 0.4) is 0 Å². The number of nitrogens with zero attached hydrogens (tertiary/aromatic N) is 1. The van der Waals surface area contributed by atoms with Crippen molar-refractivity contribution in [3.63, 3.8) is 0 Å². The highest BCUT2D eigenvalue weighted by molar-refractivity contribution is 7.87. The number of carbonyl (C=O) groups excluding carboxylic acids is 2. The number of carbonyl (C=O) groups is 2. The lowest BCUT2D eigenvalue weighted by molar-refractivity contribution is -0.144. The van der Waals surface area contributed by atoms with Crippen LogP contribution in [-0.2, 0) is 24.5 Å². The lowest BCUT2D eigenvalue weighted by Crippen LogP contribution is -2.42. The third kappa shape index (κ3) is 3.30.